The number of benzene rings is 3. The molecular weight excluding hydrogens is 516 g/mol. The van der Waals surface area contributed by atoms with Gasteiger partial charge in [0.25, 0.3) is 5.91 Å². The Labute approximate surface area is 222 Å². The van der Waals surface area contributed by atoms with Crippen LogP contribution in [-0.2, 0) is 22.6 Å². The molecule has 4 rings (SSSR count). The van der Waals surface area contributed by atoms with Gasteiger partial charge in [-0.1, -0.05) is 95.9 Å². The molecule has 6 heteroatoms. The van der Waals surface area contributed by atoms with Crippen LogP contribution in [0, 0.1) is 0 Å². The van der Waals surface area contributed by atoms with Crippen molar-refractivity contribution in [3.05, 3.63) is 101 Å². The Morgan fingerprint density at radius 3 is 2.25 bits per heavy atom. The second-order valence-electron chi connectivity index (χ2n) is 9.30. The average molecular weight is 550 g/mol. The van der Waals surface area contributed by atoms with Gasteiger partial charge in [-0.25, -0.2) is 0 Å². The molecule has 1 aliphatic carbocycles. The van der Waals surface area contributed by atoms with E-state index >= 15 is 0 Å². The number of halogens is 1. The van der Waals surface area contributed by atoms with Crippen molar-refractivity contribution < 1.29 is 14.3 Å². The summed E-state index contributed by atoms with van der Waals surface area (Å²) in [5.74, 6) is 0.298. The molecule has 36 heavy (non-hydrogen) atoms. The first-order chi connectivity index (χ1) is 17.6. The summed E-state index contributed by atoms with van der Waals surface area (Å²) in [4.78, 5) is 29.1. The molecule has 0 heterocycles. The first-order valence-corrected chi connectivity index (χ1v) is 13.4. The smallest absolute Gasteiger partial charge is 0.261 e. The van der Waals surface area contributed by atoms with Gasteiger partial charge in [0.2, 0.25) is 5.91 Å². The van der Waals surface area contributed by atoms with E-state index in [0.29, 0.717) is 18.7 Å². The van der Waals surface area contributed by atoms with Crippen LogP contribution < -0.4 is 10.1 Å². The van der Waals surface area contributed by atoms with Gasteiger partial charge in [0.15, 0.2) is 6.61 Å². The fourth-order valence-corrected chi connectivity index (χ4v) is 5.12. The monoisotopic (exact) mass is 548 g/mol. The number of nitrogens with zero attached hydrogens (tertiary/aromatic N) is 1. The number of carbonyl (C=O) groups excluding carboxylic acids is 2. The lowest BCUT2D eigenvalue weighted by molar-refractivity contribution is -0.143. The van der Waals surface area contributed by atoms with Crippen molar-refractivity contribution in [3.63, 3.8) is 0 Å². The van der Waals surface area contributed by atoms with E-state index in [-0.39, 0.29) is 24.5 Å². The van der Waals surface area contributed by atoms with Crippen LogP contribution in [0.25, 0.3) is 0 Å². The second-order valence-corrected chi connectivity index (χ2v) is 10.2. The molecule has 3 aromatic rings. The zero-order valence-corrected chi connectivity index (χ0v) is 22.0. The molecule has 0 radical (unpaired) electrons. The molecule has 2 amide bonds. The highest BCUT2D eigenvalue weighted by atomic mass is 79.9. The van der Waals surface area contributed by atoms with Crippen molar-refractivity contribution in [2.45, 2.75) is 57.2 Å². The molecule has 0 aliphatic heterocycles. The molecule has 0 spiro atoms. The number of rotatable bonds is 10. The van der Waals surface area contributed by atoms with Crippen molar-refractivity contribution in [2.75, 3.05) is 6.61 Å². The molecule has 1 N–H and O–H groups in total. The highest BCUT2D eigenvalue weighted by Gasteiger charge is 2.32. The van der Waals surface area contributed by atoms with E-state index in [9.17, 15) is 9.59 Å². The molecule has 0 bridgehead atoms. The number of amides is 2. The molecule has 1 fully saturated rings. The minimum Gasteiger partial charge on any atom is -0.484 e. The van der Waals surface area contributed by atoms with Gasteiger partial charge in [-0.05, 0) is 48.2 Å². The van der Waals surface area contributed by atoms with E-state index in [1.54, 1.807) is 4.90 Å². The van der Waals surface area contributed by atoms with Gasteiger partial charge in [0.1, 0.15) is 11.8 Å². The average Bonchev–Trinajstić information content (AvgIpc) is 2.91. The molecule has 1 saturated carbocycles. The molecule has 0 aromatic heterocycles. The van der Waals surface area contributed by atoms with Crippen LogP contribution in [0.1, 0.15) is 43.2 Å². The third-order valence-electron chi connectivity index (χ3n) is 6.57. The first-order valence-electron chi connectivity index (χ1n) is 12.6. The number of nitrogens with one attached hydrogen (secondary N) is 1. The molecule has 3 aromatic carbocycles. The fraction of sp³-hybridized carbons (Fsp3) is 0.333. The summed E-state index contributed by atoms with van der Waals surface area (Å²) in [6.07, 6.45) is 5.87. The molecule has 0 unspecified atom stereocenters. The summed E-state index contributed by atoms with van der Waals surface area (Å²) in [6, 6.07) is 26.5. The van der Waals surface area contributed by atoms with Crippen LogP contribution in [-0.4, -0.2) is 35.4 Å². The van der Waals surface area contributed by atoms with Gasteiger partial charge < -0.3 is 15.0 Å². The molecule has 1 atom stereocenters. The zero-order valence-electron chi connectivity index (χ0n) is 20.4. The Hall–Kier alpha value is -3.12. The summed E-state index contributed by atoms with van der Waals surface area (Å²) in [6.45, 7) is 0.173. The lowest BCUT2D eigenvalue weighted by Gasteiger charge is -2.33. The summed E-state index contributed by atoms with van der Waals surface area (Å²) in [7, 11) is 0. The van der Waals surface area contributed by atoms with Gasteiger partial charge in [-0.15, -0.1) is 0 Å². The van der Waals surface area contributed by atoms with Gasteiger partial charge in [0.05, 0.1) is 0 Å². The van der Waals surface area contributed by atoms with E-state index < -0.39 is 6.04 Å². The first kappa shape index (κ1) is 26.0. The van der Waals surface area contributed by atoms with Crippen LogP contribution in [0.4, 0.5) is 0 Å². The third-order valence-corrected chi connectivity index (χ3v) is 7.06. The quantitative estimate of drug-likeness (QED) is 0.342. The standard InChI is InChI=1S/C30H33BrN2O3/c31-25-14-10-13-24(19-25)21-33(29(34)22-36-27-17-8-3-9-18-27)28(20-23-11-4-1-5-12-23)30(35)32-26-15-6-2-7-16-26/h1,3-5,8-14,17-19,26,28H,2,6-7,15-16,20-22H2,(H,32,35)/t28-/m1/s1. The van der Waals surface area contributed by atoms with Crippen LogP contribution in [0.2, 0.25) is 0 Å². The molecular formula is C30H33BrN2O3. The van der Waals surface area contributed by atoms with Crippen LogP contribution in [0.3, 0.4) is 0 Å². The highest BCUT2D eigenvalue weighted by molar-refractivity contribution is 9.10. The number of para-hydroxylation sites is 1. The number of hydrogen-bond acceptors (Lipinski definition) is 3. The number of carbonyl (C=O) groups is 2. The molecule has 0 saturated heterocycles. The molecule has 5 nitrogen and oxygen atoms in total. The van der Waals surface area contributed by atoms with Crippen LogP contribution >= 0.6 is 15.9 Å². The SMILES string of the molecule is O=C(NC1CCCCC1)[C@@H](Cc1ccccc1)N(Cc1cccc(Br)c1)C(=O)COc1ccccc1. The van der Waals surface area contributed by atoms with Crippen molar-refractivity contribution in [1.82, 2.24) is 10.2 Å². The largest absolute Gasteiger partial charge is 0.484 e. The Morgan fingerprint density at radius 1 is 0.889 bits per heavy atom. The molecule has 188 valence electrons. The lowest BCUT2D eigenvalue weighted by atomic mass is 9.94. The number of ether oxygens (including phenoxy) is 1. The van der Waals surface area contributed by atoms with Crippen LogP contribution in [0.15, 0.2) is 89.4 Å². The van der Waals surface area contributed by atoms with E-state index in [2.05, 4.69) is 21.2 Å². The summed E-state index contributed by atoms with van der Waals surface area (Å²) in [5, 5.41) is 3.26. The predicted molar refractivity (Wildman–Crippen MR) is 146 cm³/mol. The van der Waals surface area contributed by atoms with Crippen molar-refractivity contribution in [2.24, 2.45) is 0 Å². The van der Waals surface area contributed by atoms with E-state index in [0.717, 1.165) is 41.3 Å². The van der Waals surface area contributed by atoms with Crippen molar-refractivity contribution in [1.29, 1.82) is 0 Å². The zero-order chi connectivity index (χ0) is 25.2. The Morgan fingerprint density at radius 2 is 1.56 bits per heavy atom. The molecule has 1 aliphatic rings. The van der Waals surface area contributed by atoms with Gasteiger partial charge in [-0.3, -0.25) is 9.59 Å². The number of hydrogen-bond donors (Lipinski definition) is 1. The highest BCUT2D eigenvalue weighted by Crippen LogP contribution is 2.21. The maximum absolute atomic E-state index is 13.7. The minimum absolute atomic E-state index is 0.103. The Kier molecular flexibility index (Phi) is 9.56. The topological polar surface area (TPSA) is 58.6 Å². The fourth-order valence-electron chi connectivity index (χ4n) is 4.67. The van der Waals surface area contributed by atoms with E-state index in [1.165, 1.54) is 6.42 Å². The summed E-state index contributed by atoms with van der Waals surface area (Å²) < 4.78 is 6.74. The van der Waals surface area contributed by atoms with E-state index in [4.69, 9.17) is 4.74 Å². The summed E-state index contributed by atoms with van der Waals surface area (Å²) >= 11 is 3.53. The maximum atomic E-state index is 13.7. The van der Waals surface area contributed by atoms with E-state index in [1.807, 2.05) is 84.9 Å². The van der Waals surface area contributed by atoms with Gasteiger partial charge in [0, 0.05) is 23.5 Å². The Balaban J connectivity index is 1.60. The predicted octanol–water partition coefficient (Wildman–Crippen LogP) is 5.92. The van der Waals surface area contributed by atoms with Crippen molar-refractivity contribution >= 4 is 27.7 Å². The van der Waals surface area contributed by atoms with Crippen LogP contribution in [0.5, 0.6) is 5.75 Å². The minimum atomic E-state index is -0.653. The summed E-state index contributed by atoms with van der Waals surface area (Å²) in [5.41, 5.74) is 1.96. The lowest BCUT2D eigenvalue weighted by Crippen LogP contribution is -2.53. The second kappa shape index (κ2) is 13.3. The normalized spacial score (nSPS) is 14.6. The van der Waals surface area contributed by atoms with Gasteiger partial charge in [-0.2, -0.15) is 0 Å². The van der Waals surface area contributed by atoms with Gasteiger partial charge >= 0.3 is 0 Å². The Bertz CT molecular complexity index is 1120. The van der Waals surface area contributed by atoms with Crippen molar-refractivity contribution in [3.8, 4) is 5.75 Å². The maximum Gasteiger partial charge on any atom is 0.261 e. The third kappa shape index (κ3) is 7.69.